The zero-order valence-electron chi connectivity index (χ0n) is 10.8. The van der Waals surface area contributed by atoms with Gasteiger partial charge in [0.1, 0.15) is 0 Å². The minimum absolute atomic E-state index is 0.892. The molecular weight excluding hydrogens is 234 g/mol. The lowest BCUT2D eigenvalue weighted by atomic mass is 10.1. The van der Waals surface area contributed by atoms with Crippen molar-refractivity contribution < 1.29 is 0 Å². The number of hydrogen-bond acceptors (Lipinski definition) is 2. The highest BCUT2D eigenvalue weighted by Gasteiger charge is 2.00. The molecule has 0 radical (unpaired) electrons. The number of fused-ring (bicyclic) bond motifs is 1. The van der Waals surface area contributed by atoms with Gasteiger partial charge in [0.15, 0.2) is 0 Å². The fourth-order valence-electron chi connectivity index (χ4n) is 2.30. The van der Waals surface area contributed by atoms with Gasteiger partial charge in [0.2, 0.25) is 0 Å². The molecule has 0 aliphatic rings. The van der Waals surface area contributed by atoms with Gasteiger partial charge in [0.25, 0.3) is 0 Å². The Morgan fingerprint density at radius 3 is 2.84 bits per heavy atom. The van der Waals surface area contributed by atoms with E-state index in [0.717, 1.165) is 19.5 Å². The monoisotopic (exact) mass is 251 g/mol. The summed E-state index contributed by atoms with van der Waals surface area (Å²) >= 11 is 0. The van der Waals surface area contributed by atoms with Gasteiger partial charge in [0.05, 0.1) is 0 Å². The van der Waals surface area contributed by atoms with Crippen LogP contribution < -0.4 is 5.32 Å². The molecule has 0 fully saturated rings. The summed E-state index contributed by atoms with van der Waals surface area (Å²) in [5, 5.41) is 4.76. The molecule has 0 aliphatic heterocycles. The SMILES string of the molecule is c1cc(CNCCc2ccncc2)c2[nH]ccc2c1. The van der Waals surface area contributed by atoms with Crippen molar-refractivity contribution >= 4 is 10.9 Å². The average molecular weight is 251 g/mol. The number of para-hydroxylation sites is 1. The summed E-state index contributed by atoms with van der Waals surface area (Å²) in [7, 11) is 0. The van der Waals surface area contributed by atoms with Crippen LogP contribution in [0, 0.1) is 0 Å². The molecular formula is C16H17N3. The van der Waals surface area contributed by atoms with Gasteiger partial charge < -0.3 is 10.3 Å². The molecule has 3 aromatic rings. The quantitative estimate of drug-likeness (QED) is 0.685. The molecule has 0 bridgehead atoms. The van der Waals surface area contributed by atoms with Crippen LogP contribution in [0.4, 0.5) is 0 Å². The number of benzene rings is 1. The van der Waals surface area contributed by atoms with Crippen molar-refractivity contribution in [2.45, 2.75) is 13.0 Å². The minimum Gasteiger partial charge on any atom is -0.361 e. The van der Waals surface area contributed by atoms with Crippen LogP contribution >= 0.6 is 0 Å². The van der Waals surface area contributed by atoms with Gasteiger partial charge in [-0.05, 0) is 47.7 Å². The first-order valence-electron chi connectivity index (χ1n) is 6.58. The Hall–Kier alpha value is -2.13. The molecule has 0 amide bonds. The summed E-state index contributed by atoms with van der Waals surface area (Å²) in [6, 6.07) is 12.6. The molecule has 0 spiro atoms. The zero-order chi connectivity index (χ0) is 12.9. The van der Waals surface area contributed by atoms with Crippen molar-refractivity contribution in [2.75, 3.05) is 6.54 Å². The second-order valence-electron chi connectivity index (χ2n) is 4.64. The molecule has 96 valence electrons. The largest absolute Gasteiger partial charge is 0.361 e. The van der Waals surface area contributed by atoms with E-state index in [4.69, 9.17) is 0 Å². The topological polar surface area (TPSA) is 40.7 Å². The Morgan fingerprint density at radius 2 is 1.95 bits per heavy atom. The molecule has 0 atom stereocenters. The van der Waals surface area contributed by atoms with Crippen LogP contribution in [0.1, 0.15) is 11.1 Å². The number of aromatic amines is 1. The Bertz CT molecular complexity index is 643. The molecule has 3 heteroatoms. The third-order valence-corrected chi connectivity index (χ3v) is 3.33. The van der Waals surface area contributed by atoms with Crippen LogP contribution in [0.15, 0.2) is 55.0 Å². The number of nitrogens with zero attached hydrogens (tertiary/aromatic N) is 1. The number of nitrogens with one attached hydrogen (secondary N) is 2. The van der Waals surface area contributed by atoms with Crippen molar-refractivity contribution in [3.8, 4) is 0 Å². The van der Waals surface area contributed by atoms with Crippen molar-refractivity contribution in [1.29, 1.82) is 0 Å². The smallest absolute Gasteiger partial charge is 0.0499 e. The molecule has 0 saturated heterocycles. The lowest BCUT2D eigenvalue weighted by molar-refractivity contribution is 0.689. The maximum absolute atomic E-state index is 4.02. The molecule has 1 aromatic carbocycles. The Kier molecular flexibility index (Phi) is 3.56. The van der Waals surface area contributed by atoms with E-state index in [1.165, 1.54) is 22.0 Å². The molecule has 3 rings (SSSR count). The third-order valence-electron chi connectivity index (χ3n) is 3.33. The molecule has 3 nitrogen and oxygen atoms in total. The fourth-order valence-corrected chi connectivity index (χ4v) is 2.30. The molecule has 19 heavy (non-hydrogen) atoms. The van der Waals surface area contributed by atoms with Crippen LogP contribution in [0.5, 0.6) is 0 Å². The summed E-state index contributed by atoms with van der Waals surface area (Å²) < 4.78 is 0. The molecule has 0 unspecified atom stereocenters. The van der Waals surface area contributed by atoms with Crippen molar-refractivity contribution in [3.63, 3.8) is 0 Å². The van der Waals surface area contributed by atoms with Gasteiger partial charge in [-0.25, -0.2) is 0 Å². The molecule has 2 aromatic heterocycles. The minimum atomic E-state index is 0.892. The summed E-state index contributed by atoms with van der Waals surface area (Å²) in [5.74, 6) is 0. The van der Waals surface area contributed by atoms with Crippen LogP contribution in [0.3, 0.4) is 0 Å². The first kappa shape index (κ1) is 11.9. The van der Waals surface area contributed by atoms with Crippen LogP contribution in [0.2, 0.25) is 0 Å². The maximum atomic E-state index is 4.02. The summed E-state index contributed by atoms with van der Waals surface area (Å²) in [5.41, 5.74) is 3.87. The van der Waals surface area contributed by atoms with E-state index in [1.54, 1.807) is 0 Å². The second kappa shape index (κ2) is 5.67. The van der Waals surface area contributed by atoms with Crippen molar-refractivity contribution in [3.05, 3.63) is 66.1 Å². The van der Waals surface area contributed by atoms with Gasteiger partial charge in [0, 0.05) is 30.7 Å². The first-order valence-corrected chi connectivity index (χ1v) is 6.58. The third kappa shape index (κ3) is 2.83. The predicted octanol–water partition coefficient (Wildman–Crippen LogP) is 2.90. The van der Waals surface area contributed by atoms with E-state index in [2.05, 4.69) is 51.7 Å². The number of pyridine rings is 1. The number of H-pyrrole nitrogens is 1. The fraction of sp³-hybridized carbons (Fsp3) is 0.188. The number of aromatic nitrogens is 2. The van der Waals surface area contributed by atoms with Gasteiger partial charge in [-0.15, -0.1) is 0 Å². The van der Waals surface area contributed by atoms with E-state index in [0.29, 0.717) is 0 Å². The highest BCUT2D eigenvalue weighted by molar-refractivity contribution is 5.82. The molecule has 0 aliphatic carbocycles. The lowest BCUT2D eigenvalue weighted by Crippen LogP contribution is -2.16. The summed E-state index contributed by atoms with van der Waals surface area (Å²) in [6.07, 6.45) is 6.71. The molecule has 2 N–H and O–H groups in total. The summed E-state index contributed by atoms with van der Waals surface area (Å²) in [4.78, 5) is 7.32. The van der Waals surface area contributed by atoms with E-state index in [-0.39, 0.29) is 0 Å². The van der Waals surface area contributed by atoms with Crippen LogP contribution in [0.25, 0.3) is 10.9 Å². The molecule has 0 saturated carbocycles. The highest BCUT2D eigenvalue weighted by atomic mass is 14.8. The Balaban J connectivity index is 1.57. The van der Waals surface area contributed by atoms with Gasteiger partial charge in [-0.1, -0.05) is 18.2 Å². The van der Waals surface area contributed by atoms with E-state index >= 15 is 0 Å². The Morgan fingerprint density at radius 1 is 1.05 bits per heavy atom. The highest BCUT2D eigenvalue weighted by Crippen LogP contribution is 2.16. The van der Waals surface area contributed by atoms with Gasteiger partial charge >= 0.3 is 0 Å². The Labute approximate surface area is 112 Å². The average Bonchev–Trinajstić information content (AvgIpc) is 2.94. The first-order chi connectivity index (χ1) is 9.43. The standard InChI is InChI=1S/C16H17N3/c1-2-14-7-11-19-16(14)15(3-1)12-18-10-6-13-4-8-17-9-5-13/h1-5,7-9,11,18-19H,6,10,12H2. The second-order valence-corrected chi connectivity index (χ2v) is 4.64. The van der Waals surface area contributed by atoms with Gasteiger partial charge in [-0.2, -0.15) is 0 Å². The van der Waals surface area contributed by atoms with Crippen LogP contribution in [-0.2, 0) is 13.0 Å². The predicted molar refractivity (Wildman–Crippen MR) is 77.9 cm³/mol. The van der Waals surface area contributed by atoms with E-state index in [1.807, 2.05) is 18.6 Å². The normalized spacial score (nSPS) is 10.9. The number of hydrogen-bond donors (Lipinski definition) is 2. The van der Waals surface area contributed by atoms with Crippen molar-refractivity contribution in [2.24, 2.45) is 0 Å². The van der Waals surface area contributed by atoms with E-state index in [9.17, 15) is 0 Å². The summed E-state index contributed by atoms with van der Waals surface area (Å²) in [6.45, 7) is 1.87. The van der Waals surface area contributed by atoms with Crippen molar-refractivity contribution in [1.82, 2.24) is 15.3 Å². The van der Waals surface area contributed by atoms with E-state index < -0.39 is 0 Å². The van der Waals surface area contributed by atoms with Gasteiger partial charge in [-0.3, -0.25) is 4.98 Å². The molecule has 2 heterocycles. The van der Waals surface area contributed by atoms with Crippen LogP contribution in [-0.4, -0.2) is 16.5 Å². The zero-order valence-corrected chi connectivity index (χ0v) is 10.8. The lowest BCUT2D eigenvalue weighted by Gasteiger charge is -2.06. The number of rotatable bonds is 5. The maximum Gasteiger partial charge on any atom is 0.0499 e.